The summed E-state index contributed by atoms with van der Waals surface area (Å²) in [5, 5.41) is 10.1. The zero-order valence-electron chi connectivity index (χ0n) is 16.6. The molecule has 0 atom stereocenters. The van der Waals surface area contributed by atoms with E-state index in [9.17, 15) is 22.8 Å². The Labute approximate surface area is 169 Å². The molecule has 160 valence electrons. The molecular formula is C19H21F3N6O2. The van der Waals surface area contributed by atoms with Crippen molar-refractivity contribution in [3.8, 4) is 0 Å². The normalized spacial score (nSPS) is 12.2. The molecule has 0 saturated heterocycles. The summed E-state index contributed by atoms with van der Waals surface area (Å²) in [5.74, 6) is -0.282. The zero-order chi connectivity index (χ0) is 22.1. The number of aromatic amines is 1. The van der Waals surface area contributed by atoms with Gasteiger partial charge in [-0.05, 0) is 45.0 Å². The Hall–Kier alpha value is -3.37. The van der Waals surface area contributed by atoms with Crippen LogP contribution in [0.1, 0.15) is 36.7 Å². The van der Waals surface area contributed by atoms with Crippen LogP contribution in [0.4, 0.5) is 19.1 Å². The molecule has 0 bridgehead atoms. The number of carbonyl (C=O) groups excluding carboxylic acids is 1. The van der Waals surface area contributed by atoms with E-state index < -0.39 is 17.6 Å². The predicted molar refractivity (Wildman–Crippen MR) is 105 cm³/mol. The van der Waals surface area contributed by atoms with Crippen LogP contribution >= 0.6 is 0 Å². The molecule has 30 heavy (non-hydrogen) atoms. The number of amides is 1. The minimum Gasteiger partial charge on any atom is -0.354 e. The van der Waals surface area contributed by atoms with Crippen LogP contribution in [0.15, 0.2) is 35.3 Å². The third kappa shape index (κ3) is 4.61. The Morgan fingerprint density at radius 1 is 1.13 bits per heavy atom. The van der Waals surface area contributed by atoms with Crippen molar-refractivity contribution in [1.29, 1.82) is 0 Å². The van der Waals surface area contributed by atoms with E-state index in [-0.39, 0.29) is 35.7 Å². The standard InChI is InChI=1S/C19H21F3N6O2/c1-18(2,3)28-14-13(10-25-28)16(30)27-17(26-14)24-9-8-23-15(29)11-4-6-12(7-5-11)19(20,21)22/h4-7,10H,8-9H2,1-3H3,(H,23,29)(H2,24,26,27,30). The number of halogens is 3. The molecule has 0 spiro atoms. The Kier molecular flexibility index (Phi) is 5.55. The van der Waals surface area contributed by atoms with Gasteiger partial charge in [0, 0.05) is 18.7 Å². The van der Waals surface area contributed by atoms with Crippen LogP contribution in [0.2, 0.25) is 0 Å². The molecule has 2 heterocycles. The van der Waals surface area contributed by atoms with Crippen molar-refractivity contribution in [2.75, 3.05) is 18.4 Å². The number of fused-ring (bicyclic) bond motifs is 1. The van der Waals surface area contributed by atoms with Crippen LogP contribution in [0.3, 0.4) is 0 Å². The minimum absolute atomic E-state index is 0.116. The Morgan fingerprint density at radius 2 is 1.80 bits per heavy atom. The van der Waals surface area contributed by atoms with Crippen LogP contribution in [0.5, 0.6) is 0 Å². The highest BCUT2D eigenvalue weighted by Crippen LogP contribution is 2.29. The van der Waals surface area contributed by atoms with Crippen LogP contribution < -0.4 is 16.2 Å². The Balaban J connectivity index is 1.61. The third-order valence-corrected chi connectivity index (χ3v) is 4.25. The monoisotopic (exact) mass is 422 g/mol. The number of anilines is 1. The summed E-state index contributed by atoms with van der Waals surface area (Å²) in [6.45, 7) is 6.22. The Bertz CT molecular complexity index is 1110. The zero-order valence-corrected chi connectivity index (χ0v) is 16.6. The van der Waals surface area contributed by atoms with E-state index >= 15 is 0 Å². The van der Waals surface area contributed by atoms with Gasteiger partial charge in [0.1, 0.15) is 5.39 Å². The first kappa shape index (κ1) is 21.3. The largest absolute Gasteiger partial charge is 0.416 e. The fourth-order valence-corrected chi connectivity index (χ4v) is 2.76. The molecule has 3 aromatic rings. The SMILES string of the molecule is CC(C)(C)n1ncc2c(=O)[nH]c(NCCNC(=O)c3ccc(C(F)(F)F)cc3)nc21. The van der Waals surface area contributed by atoms with Gasteiger partial charge < -0.3 is 10.6 Å². The molecule has 8 nitrogen and oxygen atoms in total. The summed E-state index contributed by atoms with van der Waals surface area (Å²) in [6, 6.07) is 3.95. The summed E-state index contributed by atoms with van der Waals surface area (Å²) in [4.78, 5) is 31.3. The quantitative estimate of drug-likeness (QED) is 0.549. The van der Waals surface area contributed by atoms with Gasteiger partial charge in [-0.2, -0.15) is 23.3 Å². The smallest absolute Gasteiger partial charge is 0.354 e. The topological polar surface area (TPSA) is 105 Å². The molecule has 1 aromatic carbocycles. The van der Waals surface area contributed by atoms with Gasteiger partial charge >= 0.3 is 6.18 Å². The maximum atomic E-state index is 12.6. The number of rotatable bonds is 5. The lowest BCUT2D eigenvalue weighted by atomic mass is 10.1. The second kappa shape index (κ2) is 7.81. The second-order valence-electron chi connectivity index (χ2n) is 7.64. The number of hydrogen-bond donors (Lipinski definition) is 3. The van der Waals surface area contributed by atoms with Gasteiger partial charge in [-0.25, -0.2) is 4.68 Å². The predicted octanol–water partition coefficient (Wildman–Crippen LogP) is 2.74. The van der Waals surface area contributed by atoms with E-state index in [1.54, 1.807) is 4.68 Å². The molecule has 11 heteroatoms. The number of benzene rings is 1. The van der Waals surface area contributed by atoms with E-state index in [4.69, 9.17) is 0 Å². The molecule has 0 aliphatic rings. The summed E-state index contributed by atoms with van der Waals surface area (Å²) in [7, 11) is 0. The van der Waals surface area contributed by atoms with Crippen molar-refractivity contribution in [3.63, 3.8) is 0 Å². The van der Waals surface area contributed by atoms with E-state index in [2.05, 4.69) is 25.7 Å². The van der Waals surface area contributed by atoms with Gasteiger partial charge in [0.05, 0.1) is 17.3 Å². The maximum Gasteiger partial charge on any atom is 0.416 e. The molecule has 2 aromatic heterocycles. The molecule has 0 saturated carbocycles. The van der Waals surface area contributed by atoms with Crippen molar-refractivity contribution >= 4 is 22.9 Å². The van der Waals surface area contributed by atoms with E-state index in [0.29, 0.717) is 11.0 Å². The van der Waals surface area contributed by atoms with Crippen molar-refractivity contribution < 1.29 is 18.0 Å². The summed E-state index contributed by atoms with van der Waals surface area (Å²) in [6.07, 6.45) is -2.99. The summed E-state index contributed by atoms with van der Waals surface area (Å²) < 4.78 is 39.4. The van der Waals surface area contributed by atoms with E-state index in [1.807, 2.05) is 20.8 Å². The molecular weight excluding hydrogens is 401 g/mol. The summed E-state index contributed by atoms with van der Waals surface area (Å²) in [5.41, 5.74) is -0.977. The molecule has 0 aliphatic heterocycles. The highest BCUT2D eigenvalue weighted by Gasteiger charge is 2.30. The van der Waals surface area contributed by atoms with Gasteiger partial charge in [0.25, 0.3) is 11.5 Å². The molecule has 0 unspecified atom stereocenters. The fraction of sp³-hybridized carbons (Fsp3) is 0.368. The number of alkyl halides is 3. The molecule has 3 N–H and O–H groups in total. The molecule has 0 radical (unpaired) electrons. The average Bonchev–Trinajstić information content (AvgIpc) is 3.09. The maximum absolute atomic E-state index is 12.6. The van der Waals surface area contributed by atoms with Crippen molar-refractivity contribution in [2.24, 2.45) is 0 Å². The number of nitrogens with zero attached hydrogens (tertiary/aromatic N) is 3. The van der Waals surface area contributed by atoms with Gasteiger partial charge in [0.2, 0.25) is 5.95 Å². The lowest BCUT2D eigenvalue weighted by molar-refractivity contribution is -0.137. The molecule has 1 amide bonds. The minimum atomic E-state index is -4.45. The van der Waals surface area contributed by atoms with Crippen molar-refractivity contribution in [1.82, 2.24) is 25.1 Å². The Morgan fingerprint density at radius 3 is 2.40 bits per heavy atom. The molecule has 0 aliphatic carbocycles. The summed E-state index contributed by atoms with van der Waals surface area (Å²) >= 11 is 0. The third-order valence-electron chi connectivity index (χ3n) is 4.25. The number of aromatic nitrogens is 4. The van der Waals surface area contributed by atoms with E-state index in [1.165, 1.54) is 6.20 Å². The fourth-order valence-electron chi connectivity index (χ4n) is 2.76. The number of nitrogens with one attached hydrogen (secondary N) is 3. The van der Waals surface area contributed by atoms with Crippen LogP contribution in [0, 0.1) is 0 Å². The lowest BCUT2D eigenvalue weighted by Gasteiger charge is -2.19. The van der Waals surface area contributed by atoms with Crippen molar-refractivity contribution in [2.45, 2.75) is 32.5 Å². The van der Waals surface area contributed by atoms with Gasteiger partial charge in [0.15, 0.2) is 5.65 Å². The first-order valence-corrected chi connectivity index (χ1v) is 9.14. The molecule has 3 rings (SSSR count). The average molecular weight is 422 g/mol. The number of hydrogen-bond acceptors (Lipinski definition) is 5. The van der Waals surface area contributed by atoms with Crippen molar-refractivity contribution in [3.05, 3.63) is 51.9 Å². The van der Waals surface area contributed by atoms with Crippen LogP contribution in [-0.2, 0) is 11.7 Å². The first-order valence-electron chi connectivity index (χ1n) is 9.14. The lowest BCUT2D eigenvalue weighted by Crippen LogP contribution is -2.29. The highest BCUT2D eigenvalue weighted by molar-refractivity contribution is 5.94. The van der Waals surface area contributed by atoms with Gasteiger partial charge in [-0.15, -0.1) is 0 Å². The van der Waals surface area contributed by atoms with Crippen LogP contribution in [-0.4, -0.2) is 38.7 Å². The molecule has 0 fully saturated rings. The second-order valence-corrected chi connectivity index (χ2v) is 7.64. The number of H-pyrrole nitrogens is 1. The number of carbonyl (C=O) groups is 1. The van der Waals surface area contributed by atoms with Gasteiger partial charge in [-0.1, -0.05) is 0 Å². The highest BCUT2D eigenvalue weighted by atomic mass is 19.4. The first-order chi connectivity index (χ1) is 14.0. The van der Waals surface area contributed by atoms with E-state index in [0.717, 1.165) is 24.3 Å². The van der Waals surface area contributed by atoms with Gasteiger partial charge in [-0.3, -0.25) is 14.6 Å². The van der Waals surface area contributed by atoms with Crippen LogP contribution in [0.25, 0.3) is 11.0 Å².